The summed E-state index contributed by atoms with van der Waals surface area (Å²) in [7, 11) is 0. The average Bonchev–Trinajstić information content (AvgIpc) is 2.19. The smallest absolute Gasteiger partial charge is 0.220 e. The monoisotopic (exact) mass is 193 g/mol. The van der Waals surface area contributed by atoms with Crippen LogP contribution in [0.25, 0.3) is 0 Å². The quantitative estimate of drug-likeness (QED) is 0.724. The maximum Gasteiger partial charge on any atom is 0.220 e. The lowest BCUT2D eigenvalue weighted by Crippen LogP contribution is -2.33. The third-order valence-electron chi connectivity index (χ3n) is 2.59. The minimum Gasteiger partial charge on any atom is -0.355 e. The molecule has 1 N–H and O–H groups in total. The Balaban J connectivity index is 2.12. The lowest BCUT2D eigenvalue weighted by Gasteiger charge is -2.22. The molecule has 1 saturated heterocycles. The van der Waals surface area contributed by atoms with Crippen LogP contribution in [0.3, 0.4) is 0 Å². The standard InChI is InChI=1S/C11H12FNO/c12-10-3-1-2-8(6-10)9-4-5-11(14)13-7-9/h1-3,6,9H,4-5,7H2,(H,13,14). The molecule has 1 atom stereocenters. The number of halogens is 1. The van der Waals surface area contributed by atoms with E-state index in [4.69, 9.17) is 0 Å². The Morgan fingerprint density at radius 1 is 1.43 bits per heavy atom. The molecule has 1 fully saturated rings. The number of nitrogens with one attached hydrogen (secondary N) is 1. The Labute approximate surface area is 82.1 Å². The summed E-state index contributed by atoms with van der Waals surface area (Å²) in [6, 6.07) is 6.60. The van der Waals surface area contributed by atoms with Crippen molar-refractivity contribution in [1.82, 2.24) is 5.32 Å². The van der Waals surface area contributed by atoms with Gasteiger partial charge in [0.25, 0.3) is 0 Å². The van der Waals surface area contributed by atoms with Crippen LogP contribution in [0.5, 0.6) is 0 Å². The summed E-state index contributed by atoms with van der Waals surface area (Å²) < 4.78 is 12.9. The van der Waals surface area contributed by atoms with Crippen molar-refractivity contribution in [2.45, 2.75) is 18.8 Å². The maximum absolute atomic E-state index is 12.9. The molecule has 0 spiro atoms. The molecule has 0 saturated carbocycles. The van der Waals surface area contributed by atoms with Crippen molar-refractivity contribution in [3.63, 3.8) is 0 Å². The highest BCUT2D eigenvalue weighted by atomic mass is 19.1. The fourth-order valence-electron chi connectivity index (χ4n) is 1.78. The van der Waals surface area contributed by atoms with Crippen LogP contribution in [0.2, 0.25) is 0 Å². The Hall–Kier alpha value is -1.38. The normalized spacial score (nSPS) is 21.8. The molecule has 2 rings (SSSR count). The van der Waals surface area contributed by atoms with Gasteiger partial charge in [0.2, 0.25) is 5.91 Å². The van der Waals surface area contributed by atoms with Crippen LogP contribution in [0.1, 0.15) is 24.3 Å². The van der Waals surface area contributed by atoms with Crippen molar-refractivity contribution in [3.05, 3.63) is 35.6 Å². The zero-order chi connectivity index (χ0) is 9.97. The largest absolute Gasteiger partial charge is 0.355 e. The number of rotatable bonds is 1. The molecule has 1 unspecified atom stereocenters. The summed E-state index contributed by atoms with van der Waals surface area (Å²) in [6.07, 6.45) is 1.36. The third kappa shape index (κ3) is 1.92. The number of carbonyl (C=O) groups excluding carboxylic acids is 1. The minimum absolute atomic E-state index is 0.0950. The second-order valence-electron chi connectivity index (χ2n) is 3.59. The minimum atomic E-state index is -0.209. The molecule has 14 heavy (non-hydrogen) atoms. The van der Waals surface area contributed by atoms with E-state index in [1.165, 1.54) is 6.07 Å². The number of piperidine rings is 1. The van der Waals surface area contributed by atoms with E-state index in [0.29, 0.717) is 13.0 Å². The molecule has 0 aliphatic carbocycles. The second kappa shape index (κ2) is 3.78. The zero-order valence-corrected chi connectivity index (χ0v) is 7.79. The summed E-state index contributed by atoms with van der Waals surface area (Å²) in [4.78, 5) is 10.9. The van der Waals surface area contributed by atoms with Crippen LogP contribution < -0.4 is 5.32 Å². The van der Waals surface area contributed by atoms with E-state index in [1.807, 2.05) is 6.07 Å². The fourth-order valence-corrected chi connectivity index (χ4v) is 1.78. The molecule has 3 heteroatoms. The van der Waals surface area contributed by atoms with Crippen molar-refractivity contribution in [3.8, 4) is 0 Å². The summed E-state index contributed by atoms with van der Waals surface area (Å²) >= 11 is 0. The molecule has 1 aliphatic heterocycles. The highest BCUT2D eigenvalue weighted by Gasteiger charge is 2.19. The van der Waals surface area contributed by atoms with Crippen molar-refractivity contribution in [2.75, 3.05) is 6.54 Å². The molecule has 74 valence electrons. The third-order valence-corrected chi connectivity index (χ3v) is 2.59. The first-order valence-electron chi connectivity index (χ1n) is 4.78. The van der Waals surface area contributed by atoms with Gasteiger partial charge in [0.15, 0.2) is 0 Å². The first-order valence-corrected chi connectivity index (χ1v) is 4.78. The predicted molar refractivity (Wildman–Crippen MR) is 51.4 cm³/mol. The Morgan fingerprint density at radius 3 is 2.93 bits per heavy atom. The van der Waals surface area contributed by atoms with Gasteiger partial charge in [-0.3, -0.25) is 4.79 Å². The van der Waals surface area contributed by atoms with Crippen LogP contribution in [-0.2, 0) is 4.79 Å². The fraction of sp³-hybridized carbons (Fsp3) is 0.364. The number of amides is 1. The molecule has 1 aromatic rings. The van der Waals surface area contributed by atoms with Crippen LogP contribution in [-0.4, -0.2) is 12.5 Å². The van der Waals surface area contributed by atoms with Gasteiger partial charge in [0.1, 0.15) is 5.82 Å². The van der Waals surface area contributed by atoms with Gasteiger partial charge in [0.05, 0.1) is 0 Å². The van der Waals surface area contributed by atoms with E-state index in [-0.39, 0.29) is 17.6 Å². The summed E-state index contributed by atoms with van der Waals surface area (Å²) in [5.74, 6) is 0.153. The summed E-state index contributed by atoms with van der Waals surface area (Å²) in [5, 5.41) is 2.79. The van der Waals surface area contributed by atoms with Gasteiger partial charge >= 0.3 is 0 Å². The first kappa shape index (κ1) is 9.19. The van der Waals surface area contributed by atoms with Crippen LogP contribution in [0.15, 0.2) is 24.3 Å². The van der Waals surface area contributed by atoms with Gasteiger partial charge in [-0.2, -0.15) is 0 Å². The molecule has 1 amide bonds. The second-order valence-corrected chi connectivity index (χ2v) is 3.59. The number of carbonyl (C=O) groups is 1. The van der Waals surface area contributed by atoms with Gasteiger partial charge in [-0.05, 0) is 24.1 Å². The molecule has 1 aliphatic rings. The van der Waals surface area contributed by atoms with E-state index in [0.717, 1.165) is 12.0 Å². The van der Waals surface area contributed by atoms with E-state index in [1.54, 1.807) is 12.1 Å². The number of benzene rings is 1. The van der Waals surface area contributed by atoms with E-state index < -0.39 is 0 Å². The zero-order valence-electron chi connectivity index (χ0n) is 7.79. The molecular weight excluding hydrogens is 181 g/mol. The first-order chi connectivity index (χ1) is 6.75. The lowest BCUT2D eigenvalue weighted by molar-refractivity contribution is -0.122. The Bertz CT molecular complexity index is 341. The number of hydrogen-bond donors (Lipinski definition) is 1. The van der Waals surface area contributed by atoms with Crippen molar-refractivity contribution < 1.29 is 9.18 Å². The lowest BCUT2D eigenvalue weighted by atomic mass is 9.91. The molecular formula is C11H12FNO. The van der Waals surface area contributed by atoms with Crippen molar-refractivity contribution in [2.24, 2.45) is 0 Å². The highest BCUT2D eigenvalue weighted by molar-refractivity contribution is 5.76. The topological polar surface area (TPSA) is 29.1 Å². The van der Waals surface area contributed by atoms with Gasteiger partial charge in [-0.25, -0.2) is 4.39 Å². The van der Waals surface area contributed by atoms with Gasteiger partial charge in [-0.1, -0.05) is 12.1 Å². The van der Waals surface area contributed by atoms with Gasteiger partial charge in [0, 0.05) is 18.9 Å². The Kier molecular flexibility index (Phi) is 2.48. The SMILES string of the molecule is O=C1CCC(c2cccc(F)c2)CN1. The molecule has 2 nitrogen and oxygen atoms in total. The number of hydrogen-bond acceptors (Lipinski definition) is 1. The molecule has 1 aromatic carbocycles. The average molecular weight is 193 g/mol. The predicted octanol–water partition coefficient (Wildman–Crippen LogP) is 1.82. The van der Waals surface area contributed by atoms with Crippen LogP contribution >= 0.6 is 0 Å². The van der Waals surface area contributed by atoms with E-state index in [2.05, 4.69) is 5.32 Å². The highest BCUT2D eigenvalue weighted by Crippen LogP contribution is 2.23. The van der Waals surface area contributed by atoms with Crippen LogP contribution in [0, 0.1) is 5.82 Å². The summed E-state index contributed by atoms with van der Waals surface area (Å²) in [5.41, 5.74) is 0.977. The summed E-state index contributed by atoms with van der Waals surface area (Å²) in [6.45, 7) is 0.627. The molecule has 0 bridgehead atoms. The molecule has 0 aromatic heterocycles. The van der Waals surface area contributed by atoms with Gasteiger partial charge in [-0.15, -0.1) is 0 Å². The molecule has 0 radical (unpaired) electrons. The van der Waals surface area contributed by atoms with Crippen molar-refractivity contribution in [1.29, 1.82) is 0 Å². The van der Waals surface area contributed by atoms with E-state index >= 15 is 0 Å². The van der Waals surface area contributed by atoms with Crippen LogP contribution in [0.4, 0.5) is 4.39 Å². The van der Waals surface area contributed by atoms with Crippen molar-refractivity contribution >= 4 is 5.91 Å². The Morgan fingerprint density at radius 2 is 2.29 bits per heavy atom. The molecule has 1 heterocycles. The van der Waals surface area contributed by atoms with E-state index in [9.17, 15) is 9.18 Å². The van der Waals surface area contributed by atoms with Gasteiger partial charge < -0.3 is 5.32 Å². The maximum atomic E-state index is 12.9.